The molecule has 0 aromatic heterocycles. The zero-order chi connectivity index (χ0) is 12.7. The molecule has 0 heterocycles. The van der Waals surface area contributed by atoms with E-state index in [9.17, 15) is 4.79 Å². The molecule has 1 rings (SSSR count). The van der Waals surface area contributed by atoms with E-state index in [0.717, 1.165) is 5.69 Å². The van der Waals surface area contributed by atoms with Gasteiger partial charge in [-0.1, -0.05) is 18.2 Å². The van der Waals surface area contributed by atoms with Gasteiger partial charge in [-0.25, -0.2) is 0 Å². The quantitative estimate of drug-likeness (QED) is 0.733. The molecule has 1 aromatic carbocycles. The molecule has 5 nitrogen and oxygen atoms in total. The number of anilines is 1. The number of primary amides is 1. The van der Waals surface area contributed by atoms with Crippen molar-refractivity contribution in [2.75, 3.05) is 18.0 Å². The molecule has 1 unspecified atom stereocenters. The van der Waals surface area contributed by atoms with Crippen molar-refractivity contribution in [1.82, 2.24) is 0 Å². The number of carbonyl (C=O) groups is 1. The fraction of sp³-hybridized carbons (Fsp3) is 0.333. The molecular weight excluding hydrogens is 216 g/mol. The number of nitriles is 1. The fourth-order valence-electron chi connectivity index (χ4n) is 1.48. The van der Waals surface area contributed by atoms with Crippen LogP contribution < -0.4 is 16.4 Å². The Labute approximate surface area is 101 Å². The van der Waals surface area contributed by atoms with Crippen molar-refractivity contribution in [3.05, 3.63) is 30.3 Å². The number of para-hydroxylation sites is 1. The zero-order valence-electron chi connectivity index (χ0n) is 9.54. The summed E-state index contributed by atoms with van der Waals surface area (Å²) in [5.41, 5.74) is 11.7. The molecule has 0 fully saturated rings. The summed E-state index contributed by atoms with van der Waals surface area (Å²) in [4.78, 5) is 12.8. The highest BCUT2D eigenvalue weighted by Gasteiger charge is 2.15. The standard InChI is InChI=1S/C12H16N4O/c13-7-4-8-16(9-11(14)12(15)17)10-5-2-1-3-6-10/h1-3,5-6,11H,4,8-9,14H2,(H2,15,17). The van der Waals surface area contributed by atoms with Crippen molar-refractivity contribution in [3.8, 4) is 6.07 Å². The molecule has 0 aliphatic carbocycles. The maximum atomic E-state index is 10.9. The monoisotopic (exact) mass is 232 g/mol. The Hall–Kier alpha value is -2.06. The number of benzene rings is 1. The summed E-state index contributed by atoms with van der Waals surface area (Å²) < 4.78 is 0. The second-order valence-corrected chi connectivity index (χ2v) is 3.70. The van der Waals surface area contributed by atoms with Crippen molar-refractivity contribution in [1.29, 1.82) is 5.26 Å². The van der Waals surface area contributed by atoms with Crippen LogP contribution in [0, 0.1) is 11.3 Å². The number of carbonyl (C=O) groups excluding carboxylic acids is 1. The van der Waals surface area contributed by atoms with E-state index in [0.29, 0.717) is 19.5 Å². The molecule has 0 bridgehead atoms. The predicted octanol–water partition coefficient (Wildman–Crippen LogP) is 0.219. The maximum absolute atomic E-state index is 10.9. The minimum absolute atomic E-state index is 0.320. The highest BCUT2D eigenvalue weighted by atomic mass is 16.1. The minimum atomic E-state index is -0.728. The lowest BCUT2D eigenvalue weighted by Gasteiger charge is -2.25. The van der Waals surface area contributed by atoms with Gasteiger partial charge >= 0.3 is 0 Å². The highest BCUT2D eigenvalue weighted by Crippen LogP contribution is 2.13. The van der Waals surface area contributed by atoms with Gasteiger partial charge in [0.1, 0.15) is 6.04 Å². The summed E-state index contributed by atoms with van der Waals surface area (Å²) in [5, 5.41) is 8.61. The van der Waals surface area contributed by atoms with Gasteiger partial charge in [0.15, 0.2) is 0 Å². The lowest BCUT2D eigenvalue weighted by molar-refractivity contribution is -0.119. The van der Waals surface area contributed by atoms with Crippen LogP contribution >= 0.6 is 0 Å². The number of nitrogens with two attached hydrogens (primary N) is 2. The van der Waals surface area contributed by atoms with Crippen LogP contribution in [0.15, 0.2) is 30.3 Å². The Bertz CT molecular complexity index is 399. The van der Waals surface area contributed by atoms with Crippen LogP contribution in [0.2, 0.25) is 0 Å². The van der Waals surface area contributed by atoms with Gasteiger partial charge in [-0.05, 0) is 12.1 Å². The van der Waals surface area contributed by atoms with Crippen LogP contribution in [0.5, 0.6) is 0 Å². The summed E-state index contributed by atoms with van der Waals surface area (Å²) in [5.74, 6) is -0.539. The van der Waals surface area contributed by atoms with E-state index in [2.05, 4.69) is 6.07 Å². The van der Waals surface area contributed by atoms with E-state index in [1.807, 2.05) is 35.2 Å². The number of amides is 1. The first-order chi connectivity index (χ1) is 8.15. The lowest BCUT2D eigenvalue weighted by atomic mass is 10.2. The van der Waals surface area contributed by atoms with Crippen LogP contribution in [0.1, 0.15) is 6.42 Å². The van der Waals surface area contributed by atoms with Gasteiger partial charge in [0, 0.05) is 18.8 Å². The molecule has 0 spiro atoms. The van der Waals surface area contributed by atoms with Gasteiger partial charge in [0.05, 0.1) is 12.5 Å². The molecule has 17 heavy (non-hydrogen) atoms. The molecule has 90 valence electrons. The van der Waals surface area contributed by atoms with Crippen LogP contribution in [0.4, 0.5) is 5.69 Å². The van der Waals surface area contributed by atoms with Crippen LogP contribution in [0.3, 0.4) is 0 Å². The van der Waals surface area contributed by atoms with Gasteiger partial charge in [-0.2, -0.15) is 5.26 Å². The average molecular weight is 232 g/mol. The highest BCUT2D eigenvalue weighted by molar-refractivity contribution is 5.80. The van der Waals surface area contributed by atoms with Crippen LogP contribution in [-0.4, -0.2) is 25.0 Å². The van der Waals surface area contributed by atoms with Crippen molar-refractivity contribution in [2.45, 2.75) is 12.5 Å². The van der Waals surface area contributed by atoms with E-state index in [1.165, 1.54) is 0 Å². The summed E-state index contributed by atoms with van der Waals surface area (Å²) >= 11 is 0. The minimum Gasteiger partial charge on any atom is -0.368 e. The maximum Gasteiger partial charge on any atom is 0.236 e. The molecule has 0 radical (unpaired) electrons. The number of hydrogen-bond donors (Lipinski definition) is 2. The smallest absolute Gasteiger partial charge is 0.236 e. The van der Waals surface area contributed by atoms with Gasteiger partial charge in [-0.15, -0.1) is 0 Å². The fourth-order valence-corrected chi connectivity index (χ4v) is 1.48. The van der Waals surface area contributed by atoms with Gasteiger partial charge in [0.2, 0.25) is 5.91 Å². The number of nitrogens with zero attached hydrogens (tertiary/aromatic N) is 2. The number of hydrogen-bond acceptors (Lipinski definition) is 4. The third-order valence-corrected chi connectivity index (χ3v) is 2.40. The average Bonchev–Trinajstić information content (AvgIpc) is 2.35. The van der Waals surface area contributed by atoms with E-state index < -0.39 is 11.9 Å². The van der Waals surface area contributed by atoms with Crippen molar-refractivity contribution < 1.29 is 4.79 Å². The Kier molecular flexibility index (Phi) is 4.98. The molecular formula is C12H16N4O. The molecule has 0 saturated heterocycles. The Morgan fingerprint density at radius 1 is 1.41 bits per heavy atom. The van der Waals surface area contributed by atoms with Crippen molar-refractivity contribution in [2.24, 2.45) is 11.5 Å². The van der Waals surface area contributed by atoms with E-state index in [-0.39, 0.29) is 0 Å². The molecule has 1 aromatic rings. The lowest BCUT2D eigenvalue weighted by Crippen LogP contribution is -2.46. The van der Waals surface area contributed by atoms with Gasteiger partial charge < -0.3 is 16.4 Å². The Morgan fingerprint density at radius 3 is 2.59 bits per heavy atom. The van der Waals surface area contributed by atoms with Crippen molar-refractivity contribution >= 4 is 11.6 Å². The zero-order valence-corrected chi connectivity index (χ0v) is 9.54. The largest absolute Gasteiger partial charge is 0.368 e. The van der Waals surface area contributed by atoms with E-state index >= 15 is 0 Å². The van der Waals surface area contributed by atoms with Gasteiger partial charge in [-0.3, -0.25) is 4.79 Å². The second kappa shape index (κ2) is 6.51. The van der Waals surface area contributed by atoms with Crippen LogP contribution in [-0.2, 0) is 4.79 Å². The molecule has 1 atom stereocenters. The van der Waals surface area contributed by atoms with Crippen molar-refractivity contribution in [3.63, 3.8) is 0 Å². The SMILES string of the molecule is N#CCCN(CC(N)C(N)=O)c1ccccc1. The Balaban J connectivity index is 2.74. The summed E-state index contributed by atoms with van der Waals surface area (Å²) in [7, 11) is 0. The molecule has 5 heteroatoms. The summed E-state index contributed by atoms with van der Waals surface area (Å²) in [6.07, 6.45) is 0.375. The second-order valence-electron chi connectivity index (χ2n) is 3.70. The molecule has 1 amide bonds. The van der Waals surface area contributed by atoms with Crippen LogP contribution in [0.25, 0.3) is 0 Å². The third kappa shape index (κ3) is 4.13. The molecule has 0 aliphatic rings. The van der Waals surface area contributed by atoms with E-state index in [4.69, 9.17) is 16.7 Å². The first-order valence-electron chi connectivity index (χ1n) is 5.37. The Morgan fingerprint density at radius 2 is 2.06 bits per heavy atom. The molecule has 0 aliphatic heterocycles. The van der Waals surface area contributed by atoms with Gasteiger partial charge in [0.25, 0.3) is 0 Å². The molecule has 4 N–H and O–H groups in total. The van der Waals surface area contributed by atoms with E-state index in [1.54, 1.807) is 0 Å². The normalized spacial score (nSPS) is 11.5. The summed E-state index contributed by atoms with van der Waals surface area (Å²) in [6.45, 7) is 0.850. The topological polar surface area (TPSA) is 96.1 Å². The summed E-state index contributed by atoms with van der Waals surface area (Å²) in [6, 6.07) is 10.8. The predicted molar refractivity (Wildman–Crippen MR) is 66.1 cm³/mol. The third-order valence-electron chi connectivity index (χ3n) is 2.40. The first-order valence-corrected chi connectivity index (χ1v) is 5.37. The first kappa shape index (κ1) is 13.0. The molecule has 0 saturated carbocycles. The number of rotatable bonds is 6.